The smallest absolute Gasteiger partial charge is 0.287 e. The first-order valence-electron chi connectivity index (χ1n) is 10.4. The summed E-state index contributed by atoms with van der Waals surface area (Å²) in [6.45, 7) is 0. The van der Waals surface area contributed by atoms with Crippen LogP contribution in [-0.2, 0) is 19.3 Å². The number of amides is 1. The monoisotopic (exact) mass is 399 g/mol. The van der Waals surface area contributed by atoms with Gasteiger partial charge in [-0.3, -0.25) is 9.89 Å². The summed E-state index contributed by atoms with van der Waals surface area (Å²) >= 11 is 0. The number of hydrogen-bond acceptors (Lipinski definition) is 5. The number of nitrogens with zero attached hydrogens (tertiary/aromatic N) is 4. The van der Waals surface area contributed by atoms with Crippen LogP contribution in [0.1, 0.15) is 58.4 Å². The molecule has 2 aliphatic carbocycles. The Kier molecular flexibility index (Phi) is 3.90. The third-order valence-electron chi connectivity index (χ3n) is 6.20. The highest BCUT2D eigenvalue weighted by Gasteiger charge is 2.25. The molecule has 3 heterocycles. The number of aromatic nitrogens is 6. The van der Waals surface area contributed by atoms with Gasteiger partial charge in [0.1, 0.15) is 6.33 Å². The highest BCUT2D eigenvalue weighted by atomic mass is 16.2. The molecule has 0 fully saturated rings. The second-order valence-corrected chi connectivity index (χ2v) is 8.05. The van der Waals surface area contributed by atoms with E-state index in [1.165, 1.54) is 11.1 Å². The van der Waals surface area contributed by atoms with Gasteiger partial charge in [0, 0.05) is 11.3 Å². The lowest BCUT2D eigenvalue weighted by Gasteiger charge is -2.26. The molecule has 1 aromatic carbocycles. The Morgan fingerprint density at radius 3 is 3.03 bits per heavy atom. The lowest BCUT2D eigenvalue weighted by Crippen LogP contribution is -2.31. The number of H-pyrrole nitrogens is 2. The van der Waals surface area contributed by atoms with Crippen molar-refractivity contribution in [3.8, 4) is 11.3 Å². The fraction of sp³-hybridized carbons (Fsp3) is 0.318. The summed E-state index contributed by atoms with van der Waals surface area (Å²) < 4.78 is 0. The second-order valence-electron chi connectivity index (χ2n) is 8.05. The van der Waals surface area contributed by atoms with E-state index in [4.69, 9.17) is 0 Å². The third-order valence-corrected chi connectivity index (χ3v) is 6.20. The Labute approximate surface area is 172 Å². The van der Waals surface area contributed by atoms with Gasteiger partial charge in [-0.05, 0) is 55.7 Å². The molecule has 0 radical (unpaired) electrons. The van der Waals surface area contributed by atoms with Crippen LogP contribution in [0, 0.1) is 0 Å². The minimum absolute atomic E-state index is 0.00501. The van der Waals surface area contributed by atoms with E-state index in [1.54, 1.807) is 12.5 Å². The molecule has 0 bridgehead atoms. The highest BCUT2D eigenvalue weighted by molar-refractivity contribution is 5.91. The Balaban J connectivity index is 1.29. The molecule has 0 saturated heterocycles. The molecule has 0 spiro atoms. The Morgan fingerprint density at radius 1 is 1.13 bits per heavy atom. The Morgan fingerprint density at radius 2 is 2.10 bits per heavy atom. The molecule has 6 rings (SSSR count). The van der Waals surface area contributed by atoms with E-state index in [9.17, 15) is 4.79 Å². The summed E-state index contributed by atoms with van der Waals surface area (Å²) in [5.74, 6) is 0.314. The molecule has 8 nitrogen and oxygen atoms in total. The van der Waals surface area contributed by atoms with Crippen LogP contribution in [0.15, 0.2) is 30.7 Å². The Bertz CT molecular complexity index is 1250. The predicted molar refractivity (Wildman–Crippen MR) is 111 cm³/mol. The minimum atomic E-state index is -0.123. The van der Waals surface area contributed by atoms with Gasteiger partial charge in [0.05, 0.1) is 29.0 Å². The quantitative estimate of drug-likeness (QED) is 0.490. The van der Waals surface area contributed by atoms with Crippen molar-refractivity contribution in [3.05, 3.63) is 59.1 Å². The van der Waals surface area contributed by atoms with Crippen LogP contribution in [0.5, 0.6) is 0 Å². The molecule has 4 aromatic rings. The number of hydrogen-bond donors (Lipinski definition) is 3. The molecule has 150 valence electrons. The molecule has 1 unspecified atom stereocenters. The van der Waals surface area contributed by atoms with Crippen molar-refractivity contribution in [2.45, 2.75) is 44.6 Å². The number of benzene rings is 1. The van der Waals surface area contributed by atoms with Crippen LogP contribution < -0.4 is 5.32 Å². The van der Waals surface area contributed by atoms with Crippen LogP contribution in [0.2, 0.25) is 0 Å². The highest BCUT2D eigenvalue weighted by Crippen LogP contribution is 2.34. The zero-order chi connectivity index (χ0) is 20.1. The van der Waals surface area contributed by atoms with Crippen molar-refractivity contribution in [2.24, 2.45) is 0 Å². The van der Waals surface area contributed by atoms with Crippen molar-refractivity contribution in [2.75, 3.05) is 0 Å². The van der Waals surface area contributed by atoms with E-state index in [2.05, 4.69) is 53.6 Å². The number of carbonyl (C=O) groups is 1. The molecule has 1 atom stereocenters. The first-order valence-corrected chi connectivity index (χ1v) is 10.4. The largest absolute Gasteiger partial charge is 0.343 e. The van der Waals surface area contributed by atoms with Gasteiger partial charge in [0.25, 0.3) is 5.91 Å². The predicted octanol–water partition coefficient (Wildman–Crippen LogP) is 3.04. The second kappa shape index (κ2) is 6.76. The molecular weight excluding hydrogens is 378 g/mol. The molecule has 30 heavy (non-hydrogen) atoms. The maximum atomic E-state index is 12.8. The van der Waals surface area contributed by atoms with E-state index in [0.717, 1.165) is 72.2 Å². The van der Waals surface area contributed by atoms with Crippen LogP contribution in [0.4, 0.5) is 0 Å². The Hall–Kier alpha value is -3.55. The first kappa shape index (κ1) is 17.3. The van der Waals surface area contributed by atoms with Crippen molar-refractivity contribution in [1.29, 1.82) is 0 Å². The van der Waals surface area contributed by atoms with E-state index in [-0.39, 0.29) is 11.9 Å². The summed E-state index contributed by atoms with van der Waals surface area (Å²) in [5, 5.41) is 11.1. The van der Waals surface area contributed by atoms with E-state index in [1.807, 2.05) is 0 Å². The number of fused-ring (bicyclic) bond motifs is 3. The van der Waals surface area contributed by atoms with Gasteiger partial charge < -0.3 is 10.3 Å². The van der Waals surface area contributed by atoms with Gasteiger partial charge in [0.2, 0.25) is 0 Å². The molecule has 3 aromatic heterocycles. The molecule has 3 N–H and O–H groups in total. The number of rotatable bonds is 3. The van der Waals surface area contributed by atoms with Gasteiger partial charge in [-0.1, -0.05) is 12.1 Å². The number of imidazole rings is 1. The fourth-order valence-electron chi connectivity index (χ4n) is 4.73. The summed E-state index contributed by atoms with van der Waals surface area (Å²) in [6, 6.07) is 6.36. The number of nitrogens with one attached hydrogen (secondary N) is 3. The zero-order valence-corrected chi connectivity index (χ0v) is 16.4. The SMILES string of the molecule is O=C(NC1CCCc2cc(-c3ncnc4[nH]ncc34)ccc21)c1nc2c([nH]1)CCC2. The maximum Gasteiger partial charge on any atom is 0.287 e. The van der Waals surface area contributed by atoms with Crippen LogP contribution >= 0.6 is 0 Å². The van der Waals surface area contributed by atoms with Crippen LogP contribution in [0.3, 0.4) is 0 Å². The molecule has 8 heteroatoms. The van der Waals surface area contributed by atoms with Gasteiger partial charge in [-0.25, -0.2) is 15.0 Å². The van der Waals surface area contributed by atoms with E-state index < -0.39 is 0 Å². The van der Waals surface area contributed by atoms with Gasteiger partial charge in [-0.2, -0.15) is 5.10 Å². The van der Waals surface area contributed by atoms with Crippen molar-refractivity contribution in [1.82, 2.24) is 35.5 Å². The lowest BCUT2D eigenvalue weighted by molar-refractivity contribution is 0.0923. The molecular formula is C22H21N7O. The number of aromatic amines is 2. The average Bonchev–Trinajstić information content (AvgIpc) is 3.49. The van der Waals surface area contributed by atoms with Gasteiger partial charge in [0.15, 0.2) is 11.5 Å². The molecule has 0 aliphatic heterocycles. The van der Waals surface area contributed by atoms with E-state index in [0.29, 0.717) is 5.82 Å². The van der Waals surface area contributed by atoms with Gasteiger partial charge in [-0.15, -0.1) is 0 Å². The molecule has 2 aliphatic rings. The number of carbonyl (C=O) groups excluding carboxylic acids is 1. The topological polar surface area (TPSA) is 112 Å². The molecule has 1 amide bonds. The third kappa shape index (κ3) is 2.79. The fourth-order valence-corrected chi connectivity index (χ4v) is 4.73. The summed E-state index contributed by atoms with van der Waals surface area (Å²) in [5.41, 5.74) is 7.22. The lowest BCUT2D eigenvalue weighted by atomic mass is 9.86. The minimum Gasteiger partial charge on any atom is -0.343 e. The summed E-state index contributed by atoms with van der Waals surface area (Å²) in [7, 11) is 0. The first-order chi connectivity index (χ1) is 14.8. The zero-order valence-electron chi connectivity index (χ0n) is 16.4. The van der Waals surface area contributed by atoms with Gasteiger partial charge >= 0.3 is 0 Å². The van der Waals surface area contributed by atoms with Crippen LogP contribution in [-0.4, -0.2) is 36.0 Å². The van der Waals surface area contributed by atoms with Crippen molar-refractivity contribution < 1.29 is 4.79 Å². The van der Waals surface area contributed by atoms with Crippen LogP contribution in [0.25, 0.3) is 22.3 Å². The maximum absolute atomic E-state index is 12.8. The normalized spacial score (nSPS) is 17.7. The number of aryl methyl sites for hydroxylation is 3. The average molecular weight is 399 g/mol. The van der Waals surface area contributed by atoms with Crippen molar-refractivity contribution >= 4 is 16.9 Å². The van der Waals surface area contributed by atoms with Crippen molar-refractivity contribution in [3.63, 3.8) is 0 Å². The standard InChI is InChI=1S/C22H21N7O/c30-22(21-26-17-5-2-6-18(17)27-21)28-16-4-1-3-12-9-13(7-8-14(12)16)19-15-10-25-29-20(15)24-11-23-19/h7-11,16H,1-6H2,(H,26,27)(H,28,30)(H,23,24,25,29). The molecule has 0 saturated carbocycles. The summed E-state index contributed by atoms with van der Waals surface area (Å²) in [4.78, 5) is 29.2. The summed E-state index contributed by atoms with van der Waals surface area (Å²) in [6.07, 6.45) is 9.32. The van der Waals surface area contributed by atoms with E-state index >= 15 is 0 Å².